The van der Waals surface area contributed by atoms with Gasteiger partial charge in [0.25, 0.3) is 0 Å². The zero-order valence-electron chi connectivity index (χ0n) is 13.1. The number of allylic oxidation sites excluding steroid dienone is 1. The highest BCUT2D eigenvalue weighted by Gasteiger charge is 2.39. The van der Waals surface area contributed by atoms with E-state index in [2.05, 4.69) is 57.5 Å². The van der Waals surface area contributed by atoms with Crippen molar-refractivity contribution in [3.8, 4) is 11.5 Å². The lowest BCUT2D eigenvalue weighted by atomic mass is 9.84. The van der Waals surface area contributed by atoms with Gasteiger partial charge in [-0.05, 0) is 36.2 Å². The van der Waals surface area contributed by atoms with Crippen LogP contribution in [-0.4, -0.2) is 7.05 Å². The molecule has 0 bridgehead atoms. The molecule has 21 heavy (non-hydrogen) atoms. The Bertz CT molecular complexity index is 715. The van der Waals surface area contributed by atoms with Gasteiger partial charge in [-0.15, -0.1) is 0 Å². The quantitative estimate of drug-likeness (QED) is 0.764. The van der Waals surface area contributed by atoms with E-state index in [1.54, 1.807) is 0 Å². The summed E-state index contributed by atoms with van der Waals surface area (Å²) in [6, 6.07) is 14.4. The van der Waals surface area contributed by atoms with Gasteiger partial charge in [-0.3, -0.25) is 0 Å². The van der Waals surface area contributed by atoms with E-state index in [0.29, 0.717) is 0 Å². The normalized spacial score (nSPS) is 16.0. The predicted octanol–water partition coefficient (Wildman–Crippen LogP) is 5.03. The molecule has 0 N–H and O–H groups in total. The number of hydrogen-bond acceptors (Lipinski definition) is 2. The predicted molar refractivity (Wildman–Crippen MR) is 88.3 cm³/mol. The summed E-state index contributed by atoms with van der Waals surface area (Å²) in [5.41, 5.74) is 4.61. The number of para-hydroxylation sites is 1. The van der Waals surface area contributed by atoms with Crippen LogP contribution in [0.25, 0.3) is 0 Å². The third-order valence-electron chi connectivity index (χ3n) is 4.35. The summed E-state index contributed by atoms with van der Waals surface area (Å²) in [6.45, 7) is 10.7. The molecule has 0 aliphatic carbocycles. The lowest BCUT2D eigenvalue weighted by molar-refractivity contribution is 0.483. The van der Waals surface area contributed by atoms with Crippen molar-refractivity contribution in [1.82, 2.24) is 0 Å². The fourth-order valence-corrected chi connectivity index (χ4v) is 2.97. The van der Waals surface area contributed by atoms with E-state index >= 15 is 0 Å². The van der Waals surface area contributed by atoms with E-state index in [9.17, 15) is 0 Å². The number of rotatable bonds is 2. The number of hydrogen-bond donors (Lipinski definition) is 0. The van der Waals surface area contributed by atoms with Crippen LogP contribution in [0.3, 0.4) is 0 Å². The van der Waals surface area contributed by atoms with Gasteiger partial charge in [0.15, 0.2) is 5.75 Å². The molecule has 0 aromatic heterocycles. The maximum Gasteiger partial charge on any atom is 0.151 e. The topological polar surface area (TPSA) is 12.5 Å². The molecule has 3 rings (SSSR count). The molecule has 0 saturated heterocycles. The Morgan fingerprint density at radius 3 is 2.52 bits per heavy atom. The lowest BCUT2D eigenvalue weighted by Crippen LogP contribution is -2.21. The number of anilines is 1. The van der Waals surface area contributed by atoms with Crippen molar-refractivity contribution in [3.05, 3.63) is 65.9 Å². The van der Waals surface area contributed by atoms with E-state index in [1.807, 2.05) is 24.3 Å². The van der Waals surface area contributed by atoms with Gasteiger partial charge in [0, 0.05) is 18.2 Å². The number of ether oxygens (including phenoxy) is 1. The largest absolute Gasteiger partial charge is 0.455 e. The molecule has 1 heterocycles. The molecule has 0 spiro atoms. The standard InChI is InChI=1S/C19H21NO/c1-13-8-6-9-15(12-13)21-17-11-7-10-16-18(17)20(5)14(2)19(16,3)4/h6-12H,2H2,1,3-5H3. The highest BCUT2D eigenvalue weighted by Crippen LogP contribution is 2.50. The summed E-state index contributed by atoms with van der Waals surface area (Å²) in [5.74, 6) is 1.75. The fourth-order valence-electron chi connectivity index (χ4n) is 2.97. The molecule has 2 heteroatoms. The summed E-state index contributed by atoms with van der Waals surface area (Å²) in [7, 11) is 2.05. The third kappa shape index (κ3) is 2.11. The summed E-state index contributed by atoms with van der Waals surface area (Å²) in [6.07, 6.45) is 0. The number of fused-ring (bicyclic) bond motifs is 1. The van der Waals surface area contributed by atoms with Crippen molar-refractivity contribution >= 4 is 5.69 Å². The minimum Gasteiger partial charge on any atom is -0.455 e. The second-order valence-electron chi connectivity index (χ2n) is 6.20. The van der Waals surface area contributed by atoms with Gasteiger partial charge in [-0.2, -0.15) is 0 Å². The minimum absolute atomic E-state index is 0.0595. The average Bonchev–Trinajstić information content (AvgIpc) is 2.61. The molecule has 0 fully saturated rings. The van der Waals surface area contributed by atoms with Crippen LogP contribution < -0.4 is 9.64 Å². The lowest BCUT2D eigenvalue weighted by Gasteiger charge is -2.22. The summed E-state index contributed by atoms with van der Waals surface area (Å²) in [4.78, 5) is 2.14. The van der Waals surface area contributed by atoms with Crippen LogP contribution in [0.1, 0.15) is 25.0 Å². The van der Waals surface area contributed by atoms with Gasteiger partial charge in [0.2, 0.25) is 0 Å². The van der Waals surface area contributed by atoms with Crippen LogP contribution >= 0.6 is 0 Å². The summed E-state index contributed by atoms with van der Waals surface area (Å²) < 4.78 is 6.13. The van der Waals surface area contributed by atoms with E-state index in [4.69, 9.17) is 4.74 Å². The smallest absolute Gasteiger partial charge is 0.151 e. The highest BCUT2D eigenvalue weighted by atomic mass is 16.5. The van der Waals surface area contributed by atoms with Gasteiger partial charge in [-0.25, -0.2) is 0 Å². The molecular formula is C19H21NO. The molecule has 0 atom stereocenters. The Morgan fingerprint density at radius 2 is 1.81 bits per heavy atom. The van der Waals surface area contributed by atoms with E-state index in [1.165, 1.54) is 11.1 Å². The maximum atomic E-state index is 6.13. The van der Waals surface area contributed by atoms with Crippen molar-refractivity contribution in [2.24, 2.45) is 0 Å². The summed E-state index contributed by atoms with van der Waals surface area (Å²) in [5, 5.41) is 0. The zero-order valence-corrected chi connectivity index (χ0v) is 13.1. The van der Waals surface area contributed by atoms with E-state index < -0.39 is 0 Å². The molecule has 2 aromatic carbocycles. The molecule has 0 amide bonds. The van der Waals surface area contributed by atoms with Gasteiger partial charge >= 0.3 is 0 Å². The molecule has 1 aliphatic heterocycles. The first kappa shape index (κ1) is 13.7. The molecule has 0 saturated carbocycles. The second kappa shape index (κ2) is 4.66. The first-order chi connectivity index (χ1) is 9.91. The molecule has 2 nitrogen and oxygen atoms in total. The Kier molecular flexibility index (Phi) is 3.05. The molecule has 0 radical (unpaired) electrons. The third-order valence-corrected chi connectivity index (χ3v) is 4.35. The van der Waals surface area contributed by atoms with Crippen molar-refractivity contribution in [1.29, 1.82) is 0 Å². The Labute approximate surface area is 126 Å². The summed E-state index contributed by atoms with van der Waals surface area (Å²) >= 11 is 0. The first-order valence-corrected chi connectivity index (χ1v) is 7.22. The molecule has 1 aliphatic rings. The van der Waals surface area contributed by atoms with Crippen LogP contribution in [0.2, 0.25) is 0 Å². The number of benzene rings is 2. The van der Waals surface area contributed by atoms with Crippen molar-refractivity contribution in [2.45, 2.75) is 26.2 Å². The number of likely N-dealkylation sites (N-methyl/N-ethyl adjacent to an activating group) is 1. The number of nitrogens with zero attached hydrogens (tertiary/aromatic N) is 1. The van der Waals surface area contributed by atoms with Gasteiger partial charge in [0.1, 0.15) is 5.75 Å². The Morgan fingerprint density at radius 1 is 1.10 bits per heavy atom. The Hall–Kier alpha value is -2.22. The second-order valence-corrected chi connectivity index (χ2v) is 6.20. The number of aryl methyl sites for hydroxylation is 1. The van der Waals surface area contributed by atoms with Gasteiger partial charge < -0.3 is 9.64 Å². The Balaban J connectivity index is 2.07. The van der Waals surface area contributed by atoms with Gasteiger partial charge in [-0.1, -0.05) is 44.7 Å². The van der Waals surface area contributed by atoms with Crippen LogP contribution in [0.5, 0.6) is 11.5 Å². The average molecular weight is 279 g/mol. The van der Waals surface area contributed by atoms with Crippen molar-refractivity contribution < 1.29 is 4.74 Å². The van der Waals surface area contributed by atoms with E-state index in [0.717, 1.165) is 22.9 Å². The zero-order chi connectivity index (χ0) is 15.2. The van der Waals surface area contributed by atoms with Crippen LogP contribution in [-0.2, 0) is 5.41 Å². The van der Waals surface area contributed by atoms with Crippen LogP contribution in [0.4, 0.5) is 5.69 Å². The van der Waals surface area contributed by atoms with Crippen LogP contribution in [0, 0.1) is 6.92 Å². The van der Waals surface area contributed by atoms with Crippen LogP contribution in [0.15, 0.2) is 54.7 Å². The van der Waals surface area contributed by atoms with Gasteiger partial charge in [0.05, 0.1) is 5.69 Å². The van der Waals surface area contributed by atoms with E-state index in [-0.39, 0.29) is 5.41 Å². The SMILES string of the molecule is C=C1N(C)c2c(Oc3cccc(C)c3)cccc2C1(C)C. The highest BCUT2D eigenvalue weighted by molar-refractivity contribution is 5.76. The first-order valence-electron chi connectivity index (χ1n) is 7.22. The minimum atomic E-state index is -0.0595. The van der Waals surface area contributed by atoms with Crippen molar-refractivity contribution in [2.75, 3.05) is 11.9 Å². The van der Waals surface area contributed by atoms with Crippen molar-refractivity contribution in [3.63, 3.8) is 0 Å². The molecule has 108 valence electrons. The molecule has 2 aromatic rings. The molecule has 0 unspecified atom stereocenters. The fraction of sp³-hybridized carbons (Fsp3) is 0.263. The maximum absolute atomic E-state index is 6.13. The monoisotopic (exact) mass is 279 g/mol. The molecular weight excluding hydrogens is 258 g/mol.